The molecule has 2 heterocycles. The maximum absolute atomic E-state index is 13.1. The van der Waals surface area contributed by atoms with Crippen LogP contribution in [0.3, 0.4) is 0 Å². The summed E-state index contributed by atoms with van der Waals surface area (Å²) in [6.45, 7) is 0.766. The Kier molecular flexibility index (Phi) is 6.82. The van der Waals surface area contributed by atoms with Gasteiger partial charge in [0, 0.05) is 13.1 Å². The van der Waals surface area contributed by atoms with Gasteiger partial charge < -0.3 is 5.32 Å². The van der Waals surface area contributed by atoms with Gasteiger partial charge in [0.1, 0.15) is 11.2 Å². The number of benzene rings is 1. The predicted octanol–water partition coefficient (Wildman–Crippen LogP) is 3.47. The Labute approximate surface area is 184 Å². The van der Waals surface area contributed by atoms with Gasteiger partial charge in [-0.05, 0) is 55.5 Å². The van der Waals surface area contributed by atoms with Crippen molar-refractivity contribution in [2.24, 2.45) is 0 Å². The van der Waals surface area contributed by atoms with Crippen LogP contribution in [0.5, 0.6) is 0 Å². The number of aromatic nitrogens is 2. The first-order valence-corrected chi connectivity index (χ1v) is 11.7. The lowest BCUT2D eigenvalue weighted by Gasteiger charge is -2.14. The Morgan fingerprint density at radius 3 is 2.65 bits per heavy atom. The molecular formula is C24H27N3O3S. The third kappa shape index (κ3) is 5.05. The number of amides is 1. The van der Waals surface area contributed by atoms with E-state index >= 15 is 0 Å². The van der Waals surface area contributed by atoms with Gasteiger partial charge in [-0.2, -0.15) is 0 Å². The molecule has 0 bridgehead atoms. The summed E-state index contributed by atoms with van der Waals surface area (Å²) < 4.78 is 3.19. The molecule has 3 aromatic rings. The highest BCUT2D eigenvalue weighted by Gasteiger charge is 2.16. The molecule has 0 spiro atoms. The van der Waals surface area contributed by atoms with Crippen LogP contribution in [0.1, 0.15) is 37.7 Å². The van der Waals surface area contributed by atoms with Crippen LogP contribution in [0, 0.1) is 0 Å². The number of nitrogens with one attached hydrogen (secondary N) is 1. The first-order valence-electron chi connectivity index (χ1n) is 10.8. The van der Waals surface area contributed by atoms with Crippen molar-refractivity contribution in [1.82, 2.24) is 14.5 Å². The van der Waals surface area contributed by atoms with Crippen LogP contribution in [-0.2, 0) is 24.3 Å². The normalized spacial score (nSPS) is 13.9. The summed E-state index contributed by atoms with van der Waals surface area (Å²) in [5, 5.41) is 4.72. The highest BCUT2D eigenvalue weighted by molar-refractivity contribution is 7.17. The average molecular weight is 438 g/mol. The van der Waals surface area contributed by atoms with Crippen molar-refractivity contribution in [1.29, 1.82) is 0 Å². The second kappa shape index (κ2) is 9.92. The smallest absolute Gasteiger partial charge is 0.332 e. The minimum absolute atomic E-state index is 0.0866. The molecule has 0 saturated carbocycles. The summed E-state index contributed by atoms with van der Waals surface area (Å²) >= 11 is 1.30. The first kappa shape index (κ1) is 21.3. The summed E-state index contributed by atoms with van der Waals surface area (Å²) in [4.78, 5) is 38.6. The van der Waals surface area contributed by atoms with Gasteiger partial charge in [-0.1, -0.05) is 42.0 Å². The molecule has 4 rings (SSSR count). The van der Waals surface area contributed by atoms with E-state index in [0.717, 1.165) is 24.8 Å². The molecule has 162 valence electrons. The number of nitrogens with zero attached hydrogens (tertiary/aromatic N) is 2. The third-order valence-corrected chi connectivity index (χ3v) is 6.65. The SMILES string of the molecule is O=C(Cn1c(=O)n(CCc2ccccc2)c(=O)c2sccc21)NCCC1=CCCCC1. The Bertz CT molecular complexity index is 1200. The topological polar surface area (TPSA) is 73.1 Å². The van der Waals surface area contributed by atoms with E-state index in [0.29, 0.717) is 23.2 Å². The maximum Gasteiger partial charge on any atom is 0.332 e. The Balaban J connectivity index is 1.50. The van der Waals surface area contributed by atoms with Gasteiger partial charge >= 0.3 is 5.69 Å². The quantitative estimate of drug-likeness (QED) is 0.549. The summed E-state index contributed by atoms with van der Waals surface area (Å²) in [5.41, 5.74) is 2.27. The van der Waals surface area contributed by atoms with E-state index in [2.05, 4.69) is 11.4 Å². The van der Waals surface area contributed by atoms with E-state index in [1.165, 1.54) is 38.9 Å². The number of carbonyl (C=O) groups is 1. The molecule has 0 radical (unpaired) electrons. The molecular weight excluding hydrogens is 410 g/mol. The summed E-state index contributed by atoms with van der Waals surface area (Å²) in [7, 11) is 0. The van der Waals surface area contributed by atoms with E-state index in [4.69, 9.17) is 0 Å². The fourth-order valence-corrected chi connectivity index (χ4v) is 4.91. The monoisotopic (exact) mass is 437 g/mol. The fourth-order valence-electron chi connectivity index (χ4n) is 4.06. The van der Waals surface area contributed by atoms with E-state index in [-0.39, 0.29) is 24.6 Å². The van der Waals surface area contributed by atoms with E-state index in [1.807, 2.05) is 30.3 Å². The van der Waals surface area contributed by atoms with Crippen molar-refractivity contribution in [3.05, 3.63) is 79.8 Å². The fraction of sp³-hybridized carbons (Fsp3) is 0.375. The van der Waals surface area contributed by atoms with Crippen molar-refractivity contribution in [3.63, 3.8) is 0 Å². The molecule has 1 aromatic carbocycles. The van der Waals surface area contributed by atoms with Crippen LogP contribution in [0.2, 0.25) is 0 Å². The van der Waals surface area contributed by atoms with Crippen molar-refractivity contribution in [2.45, 2.75) is 51.6 Å². The number of thiophene rings is 1. The van der Waals surface area contributed by atoms with Gasteiger partial charge in [-0.15, -0.1) is 11.3 Å². The third-order valence-electron chi connectivity index (χ3n) is 5.76. The second-order valence-electron chi connectivity index (χ2n) is 7.90. The van der Waals surface area contributed by atoms with Crippen LogP contribution in [0.25, 0.3) is 10.2 Å². The second-order valence-corrected chi connectivity index (χ2v) is 8.82. The highest BCUT2D eigenvalue weighted by Crippen LogP contribution is 2.19. The lowest BCUT2D eigenvalue weighted by Crippen LogP contribution is -2.42. The largest absolute Gasteiger partial charge is 0.354 e. The zero-order valence-electron chi connectivity index (χ0n) is 17.5. The molecule has 0 fully saturated rings. The molecule has 0 unspecified atom stereocenters. The molecule has 0 saturated heterocycles. The molecule has 31 heavy (non-hydrogen) atoms. The number of fused-ring (bicyclic) bond motifs is 1. The molecule has 1 aliphatic carbocycles. The number of aryl methyl sites for hydroxylation is 1. The number of carbonyl (C=O) groups excluding carboxylic acids is 1. The Morgan fingerprint density at radius 2 is 1.87 bits per heavy atom. The Morgan fingerprint density at radius 1 is 1.03 bits per heavy atom. The van der Waals surface area contributed by atoms with Gasteiger partial charge in [0.05, 0.1) is 5.52 Å². The van der Waals surface area contributed by atoms with Crippen molar-refractivity contribution in [2.75, 3.05) is 6.54 Å². The predicted molar refractivity (Wildman–Crippen MR) is 125 cm³/mol. The molecule has 1 aliphatic rings. The molecule has 1 N–H and O–H groups in total. The van der Waals surface area contributed by atoms with Crippen LogP contribution in [-0.4, -0.2) is 21.6 Å². The molecule has 1 amide bonds. The van der Waals surface area contributed by atoms with E-state index in [1.54, 1.807) is 11.4 Å². The minimum atomic E-state index is -0.433. The van der Waals surface area contributed by atoms with Crippen molar-refractivity contribution < 1.29 is 4.79 Å². The van der Waals surface area contributed by atoms with Crippen LogP contribution >= 0.6 is 11.3 Å². The molecule has 0 aliphatic heterocycles. The van der Waals surface area contributed by atoms with Gasteiger partial charge in [0.25, 0.3) is 5.56 Å². The Hall–Kier alpha value is -2.93. The molecule has 6 nitrogen and oxygen atoms in total. The molecule has 2 aromatic heterocycles. The number of hydrogen-bond acceptors (Lipinski definition) is 4. The van der Waals surface area contributed by atoms with E-state index in [9.17, 15) is 14.4 Å². The number of hydrogen-bond donors (Lipinski definition) is 1. The standard InChI is InChI=1S/C24H27N3O3S/c28-21(25-14-11-18-7-3-1-4-8-18)17-27-20-13-16-31-22(20)23(29)26(24(27)30)15-12-19-9-5-2-6-10-19/h2,5-7,9-10,13,16H,1,3-4,8,11-12,14-15,17H2,(H,25,28). The lowest BCUT2D eigenvalue weighted by molar-refractivity contribution is -0.121. The zero-order valence-corrected chi connectivity index (χ0v) is 18.3. The highest BCUT2D eigenvalue weighted by atomic mass is 32.1. The van der Waals surface area contributed by atoms with Gasteiger partial charge in [-0.3, -0.25) is 18.7 Å². The lowest BCUT2D eigenvalue weighted by atomic mass is 9.97. The van der Waals surface area contributed by atoms with Gasteiger partial charge in [0.2, 0.25) is 5.91 Å². The summed E-state index contributed by atoms with van der Waals surface area (Å²) in [6, 6.07) is 11.5. The zero-order chi connectivity index (χ0) is 21.6. The van der Waals surface area contributed by atoms with Crippen LogP contribution < -0.4 is 16.6 Å². The van der Waals surface area contributed by atoms with Crippen LogP contribution in [0.4, 0.5) is 0 Å². The van der Waals surface area contributed by atoms with Crippen molar-refractivity contribution >= 4 is 27.5 Å². The molecule has 0 atom stereocenters. The number of rotatable bonds is 8. The van der Waals surface area contributed by atoms with Gasteiger partial charge in [0.15, 0.2) is 0 Å². The average Bonchev–Trinajstić information content (AvgIpc) is 3.28. The first-order chi connectivity index (χ1) is 15.1. The summed E-state index contributed by atoms with van der Waals surface area (Å²) in [6.07, 6.45) is 8.40. The maximum atomic E-state index is 13.1. The summed E-state index contributed by atoms with van der Waals surface area (Å²) in [5.74, 6) is -0.209. The molecule has 7 heteroatoms. The van der Waals surface area contributed by atoms with E-state index < -0.39 is 5.69 Å². The van der Waals surface area contributed by atoms with Gasteiger partial charge in [-0.25, -0.2) is 4.79 Å². The number of allylic oxidation sites excluding steroid dienone is 1. The van der Waals surface area contributed by atoms with Crippen molar-refractivity contribution in [3.8, 4) is 0 Å². The van der Waals surface area contributed by atoms with Crippen LogP contribution in [0.15, 0.2) is 63.0 Å². The minimum Gasteiger partial charge on any atom is -0.354 e.